The van der Waals surface area contributed by atoms with E-state index < -0.39 is 0 Å². The van der Waals surface area contributed by atoms with Gasteiger partial charge in [0.2, 0.25) is 0 Å². The second-order valence-corrected chi connectivity index (χ2v) is 26.5. The fourth-order valence-corrected chi connectivity index (χ4v) is 17.1. The molecule has 0 spiro atoms. The molecule has 4 nitrogen and oxygen atoms in total. The lowest BCUT2D eigenvalue weighted by molar-refractivity contribution is 1.18. The maximum absolute atomic E-state index is 10.0. The van der Waals surface area contributed by atoms with Crippen LogP contribution in [0.3, 0.4) is 0 Å². The van der Waals surface area contributed by atoms with Crippen LogP contribution < -0.4 is 0 Å². The molecule has 0 saturated heterocycles. The van der Waals surface area contributed by atoms with Crippen molar-refractivity contribution in [2.45, 2.75) is 0 Å². The summed E-state index contributed by atoms with van der Waals surface area (Å²) in [4.78, 5) is 0. The van der Waals surface area contributed by atoms with Gasteiger partial charge in [0.05, 0.1) is 45.3 Å². The molecule has 0 saturated carbocycles. The van der Waals surface area contributed by atoms with Gasteiger partial charge < -0.3 is 9.13 Å². The lowest BCUT2D eigenvalue weighted by Crippen LogP contribution is -1.93. The minimum absolute atomic E-state index is 0.707. The van der Waals surface area contributed by atoms with Gasteiger partial charge in [-0.2, -0.15) is 10.5 Å². The molecule has 448 valence electrons. The molecule has 0 unspecified atom stereocenters. The van der Waals surface area contributed by atoms with Gasteiger partial charge in [-0.05, 0) is 257 Å². The fourth-order valence-electron chi connectivity index (χ4n) is 17.1. The van der Waals surface area contributed by atoms with Crippen LogP contribution in [0.2, 0.25) is 0 Å². The van der Waals surface area contributed by atoms with Gasteiger partial charge in [-0.25, -0.2) is 0 Å². The zero-order chi connectivity index (χ0) is 64.4. The van der Waals surface area contributed by atoms with Crippen molar-refractivity contribution in [3.63, 3.8) is 0 Å². The van der Waals surface area contributed by atoms with E-state index in [0.717, 1.165) is 55.0 Å². The molecule has 0 aliphatic rings. The number of fused-ring (bicyclic) bond motifs is 2. The Morgan fingerprint density at radius 3 is 0.959 bits per heavy atom. The van der Waals surface area contributed by atoms with Crippen molar-refractivity contribution in [1.82, 2.24) is 9.13 Å². The van der Waals surface area contributed by atoms with Crippen molar-refractivity contribution in [2.75, 3.05) is 0 Å². The molecule has 2 heterocycles. The Kier molecular flexibility index (Phi) is 11.3. The van der Waals surface area contributed by atoms with Gasteiger partial charge in [-0.3, -0.25) is 0 Å². The summed E-state index contributed by atoms with van der Waals surface area (Å²) in [5.74, 6) is 0. The molecule has 0 radical (unpaired) electrons. The summed E-state index contributed by atoms with van der Waals surface area (Å²) in [5.41, 5.74) is 18.0. The van der Waals surface area contributed by atoms with Gasteiger partial charge in [0, 0.05) is 43.7 Å². The first-order valence-corrected chi connectivity index (χ1v) is 33.5. The monoisotopic (exact) mass is 1240 g/mol. The van der Waals surface area contributed by atoms with Crippen LogP contribution in [0, 0.1) is 22.7 Å². The number of para-hydroxylation sites is 2. The zero-order valence-corrected chi connectivity index (χ0v) is 52.8. The highest BCUT2D eigenvalue weighted by Crippen LogP contribution is 2.49. The average Bonchev–Trinajstić information content (AvgIpc) is 1.49. The Morgan fingerprint density at radius 1 is 0.194 bits per heavy atom. The van der Waals surface area contributed by atoms with Crippen molar-refractivity contribution in [2.24, 2.45) is 0 Å². The first kappa shape index (κ1) is 54.1. The number of hydrogen-bond acceptors (Lipinski definition) is 2. The van der Waals surface area contributed by atoms with Crippen LogP contribution in [0.25, 0.3) is 207 Å². The molecular formula is C94H52N4. The Hall–Kier alpha value is -13.4. The minimum Gasteiger partial charge on any atom is -0.309 e. The molecule has 0 amide bonds. The number of benzene rings is 20. The maximum atomic E-state index is 10.0. The second kappa shape index (κ2) is 20.6. The van der Waals surface area contributed by atoms with Crippen LogP contribution in [0.4, 0.5) is 0 Å². The van der Waals surface area contributed by atoms with Gasteiger partial charge >= 0.3 is 0 Å². The number of nitriles is 2. The lowest BCUT2D eigenvalue weighted by atomic mass is 9.87. The van der Waals surface area contributed by atoms with E-state index in [1.165, 1.54) is 152 Å². The topological polar surface area (TPSA) is 57.4 Å². The Bertz CT molecular complexity index is 7030. The van der Waals surface area contributed by atoms with Crippen molar-refractivity contribution in [3.8, 4) is 68.0 Å². The number of rotatable bonds is 6. The molecule has 98 heavy (non-hydrogen) atoms. The standard InChI is InChI=1S/2C47H26N2/c48-27-33-17-21-42-46-40(33)18-19-41-39(20-22-43(47(41)46)49(42)36-9-2-1-3-10-36)35-25-31-15-13-29-23-34(24-30-14-16-32(26-35)45(31)44(29)30)38-12-6-8-28-7-4-5-11-37(28)38;48-27-35-16-20-42-46-40(35)17-18-41-39(19-21-43(47(41)46)49(42)38-8-2-1-3-9-38)37-25-33-14-12-31-23-36(24-32-13-15-34(26-37)45(33)44(31)32)30-11-10-28-6-4-5-7-29(28)22-30/h2*1-26H. The number of nitrogens with zero attached hydrogens (tertiary/aromatic N) is 4. The van der Waals surface area contributed by atoms with E-state index in [-0.39, 0.29) is 0 Å². The van der Waals surface area contributed by atoms with Crippen LogP contribution in [0.5, 0.6) is 0 Å². The van der Waals surface area contributed by atoms with Crippen molar-refractivity contribution in [1.29, 1.82) is 10.5 Å². The lowest BCUT2D eigenvalue weighted by Gasteiger charge is -2.16. The predicted molar refractivity (Wildman–Crippen MR) is 413 cm³/mol. The molecule has 0 fully saturated rings. The van der Waals surface area contributed by atoms with Crippen LogP contribution in [0.1, 0.15) is 11.1 Å². The highest BCUT2D eigenvalue weighted by Gasteiger charge is 2.24. The molecule has 22 aromatic rings. The van der Waals surface area contributed by atoms with Crippen molar-refractivity contribution < 1.29 is 0 Å². The zero-order valence-electron chi connectivity index (χ0n) is 52.8. The van der Waals surface area contributed by atoms with Crippen LogP contribution >= 0.6 is 0 Å². The van der Waals surface area contributed by atoms with Crippen molar-refractivity contribution in [3.05, 3.63) is 327 Å². The molecule has 22 rings (SSSR count). The largest absolute Gasteiger partial charge is 0.309 e. The Morgan fingerprint density at radius 2 is 0.520 bits per heavy atom. The molecule has 0 aliphatic heterocycles. The summed E-state index contributed by atoms with van der Waals surface area (Å²) in [6.07, 6.45) is 0. The highest BCUT2D eigenvalue weighted by atomic mass is 15.0. The first-order valence-electron chi connectivity index (χ1n) is 33.5. The fraction of sp³-hybridized carbons (Fsp3) is 0. The third-order valence-corrected chi connectivity index (χ3v) is 21.3. The molecule has 0 atom stereocenters. The summed E-state index contributed by atoms with van der Waals surface area (Å²) in [7, 11) is 0. The molecule has 0 aliphatic carbocycles. The molecule has 4 heteroatoms. The Balaban J connectivity index is 0.000000129. The normalized spacial score (nSPS) is 12.1. The van der Waals surface area contributed by atoms with Crippen molar-refractivity contribution >= 4 is 151 Å². The van der Waals surface area contributed by atoms with Crippen LogP contribution in [0.15, 0.2) is 315 Å². The molecule has 0 bridgehead atoms. The summed E-state index contributed by atoms with van der Waals surface area (Å²) in [6.45, 7) is 0. The second-order valence-electron chi connectivity index (χ2n) is 26.5. The maximum Gasteiger partial charge on any atom is 0.0998 e. The van der Waals surface area contributed by atoms with Gasteiger partial charge in [-0.1, -0.05) is 200 Å². The molecular weight excluding hydrogens is 1190 g/mol. The third kappa shape index (κ3) is 7.80. The Labute approximate surface area is 562 Å². The first-order chi connectivity index (χ1) is 48.5. The third-order valence-electron chi connectivity index (χ3n) is 21.3. The van der Waals surface area contributed by atoms with E-state index >= 15 is 0 Å². The van der Waals surface area contributed by atoms with E-state index in [9.17, 15) is 10.5 Å². The van der Waals surface area contributed by atoms with E-state index in [4.69, 9.17) is 0 Å². The summed E-state index contributed by atoms with van der Waals surface area (Å²) in [6, 6.07) is 119. The summed E-state index contributed by atoms with van der Waals surface area (Å²) in [5, 5.41) is 49.5. The predicted octanol–water partition coefficient (Wildman–Crippen LogP) is 25.3. The summed E-state index contributed by atoms with van der Waals surface area (Å²) < 4.78 is 4.67. The average molecular weight is 1240 g/mol. The van der Waals surface area contributed by atoms with Gasteiger partial charge in [-0.15, -0.1) is 0 Å². The van der Waals surface area contributed by atoms with E-state index in [1.807, 2.05) is 12.1 Å². The van der Waals surface area contributed by atoms with E-state index in [0.29, 0.717) is 11.1 Å². The van der Waals surface area contributed by atoms with Gasteiger partial charge in [0.1, 0.15) is 0 Å². The number of hydrogen-bond donors (Lipinski definition) is 0. The highest BCUT2D eigenvalue weighted by molar-refractivity contribution is 6.31. The molecule has 0 N–H and O–H groups in total. The van der Waals surface area contributed by atoms with E-state index in [2.05, 4.69) is 325 Å². The van der Waals surface area contributed by atoms with Crippen LogP contribution in [-0.2, 0) is 0 Å². The number of aromatic nitrogens is 2. The molecule has 20 aromatic carbocycles. The molecule has 2 aromatic heterocycles. The van der Waals surface area contributed by atoms with Gasteiger partial charge in [0.15, 0.2) is 0 Å². The quantitative estimate of drug-likeness (QED) is 0.156. The smallest absolute Gasteiger partial charge is 0.0998 e. The van der Waals surface area contributed by atoms with E-state index in [1.54, 1.807) is 0 Å². The summed E-state index contributed by atoms with van der Waals surface area (Å²) >= 11 is 0. The minimum atomic E-state index is 0.707. The SMILES string of the molecule is N#Cc1ccc2c3c1ccc1c(-c4cc5ccc6cc(-c7ccc8ccccc8c7)cc7ccc(c4)c5c67)ccc(c13)n2-c1ccccc1.N#Cc1ccc2c3c1ccc1c(-c4cc5ccc6cc(-c7cccc8ccccc78)cc7ccc(c4)c5c67)ccc(c13)n2-c1ccccc1. The van der Waals surface area contributed by atoms with Crippen LogP contribution in [-0.4, -0.2) is 9.13 Å². The van der Waals surface area contributed by atoms with Gasteiger partial charge in [0.25, 0.3) is 0 Å².